The Balaban J connectivity index is 1.32. The van der Waals surface area contributed by atoms with Gasteiger partial charge in [0.1, 0.15) is 34.5 Å². The van der Waals surface area contributed by atoms with Crippen LogP contribution in [0.15, 0.2) is 53.6 Å². The third-order valence-electron chi connectivity index (χ3n) is 7.06. The molecule has 2 amide bonds. The first-order chi connectivity index (χ1) is 20.3. The average Bonchev–Trinajstić information content (AvgIpc) is 3.80. The van der Waals surface area contributed by atoms with Crippen LogP contribution in [0.2, 0.25) is 0 Å². The molecule has 0 bridgehead atoms. The standard InChI is InChI=1S/C31H25N5O5S/c1-40-21-11-7-18(25(13-21)41-2)8-12-24(37)17-5-9-20(10-6-17)36-27(38)14-26(31(36)39)42-30-23(16-33)28(19-3-4-19)22(15-32)29(34)35-30/h5-13,19,26H,3-4,14H2,1-2H3,(H2,34,35)/b12-8+/t26-/m1/s1. The molecule has 2 aromatic carbocycles. The molecule has 1 atom stereocenters. The van der Waals surface area contributed by atoms with E-state index in [0.717, 1.165) is 29.5 Å². The summed E-state index contributed by atoms with van der Waals surface area (Å²) in [6.45, 7) is 0. The molecule has 2 aliphatic rings. The van der Waals surface area contributed by atoms with Gasteiger partial charge in [-0.2, -0.15) is 10.5 Å². The zero-order valence-corrected chi connectivity index (χ0v) is 23.6. The van der Waals surface area contributed by atoms with Gasteiger partial charge < -0.3 is 15.2 Å². The fourth-order valence-electron chi connectivity index (χ4n) is 4.79. The van der Waals surface area contributed by atoms with Crippen molar-refractivity contribution in [3.05, 3.63) is 76.4 Å². The maximum absolute atomic E-state index is 13.3. The number of rotatable bonds is 9. The van der Waals surface area contributed by atoms with Crippen LogP contribution in [0.5, 0.6) is 11.5 Å². The molecule has 1 saturated heterocycles. The second kappa shape index (κ2) is 11.8. The number of methoxy groups -OCH3 is 2. The number of ketones is 1. The van der Waals surface area contributed by atoms with Gasteiger partial charge in [0, 0.05) is 23.6 Å². The van der Waals surface area contributed by atoms with E-state index in [1.165, 1.54) is 13.2 Å². The maximum Gasteiger partial charge on any atom is 0.247 e. The Morgan fingerprint density at radius 1 is 1.07 bits per heavy atom. The van der Waals surface area contributed by atoms with Gasteiger partial charge in [0.05, 0.1) is 36.3 Å². The lowest BCUT2D eigenvalue weighted by Crippen LogP contribution is -2.31. The SMILES string of the molecule is COc1ccc(/C=C/C(=O)c2ccc(N3C(=O)C[C@@H](Sc4nc(N)c(C#N)c(C5CC5)c4C#N)C3=O)cc2)c(OC)c1. The monoisotopic (exact) mass is 579 g/mol. The lowest BCUT2D eigenvalue weighted by molar-refractivity contribution is -0.121. The van der Waals surface area contributed by atoms with E-state index in [1.54, 1.807) is 55.7 Å². The summed E-state index contributed by atoms with van der Waals surface area (Å²) in [5.41, 5.74) is 8.43. The number of thioether (sulfide) groups is 1. The van der Waals surface area contributed by atoms with Gasteiger partial charge in [-0.1, -0.05) is 11.8 Å². The van der Waals surface area contributed by atoms with Crippen LogP contribution in [0, 0.1) is 22.7 Å². The predicted octanol–water partition coefficient (Wildman–Crippen LogP) is 4.62. The van der Waals surface area contributed by atoms with Crippen molar-refractivity contribution < 1.29 is 23.9 Å². The summed E-state index contributed by atoms with van der Waals surface area (Å²) in [5, 5.41) is 18.8. The van der Waals surface area contributed by atoms with Gasteiger partial charge in [-0.05, 0) is 72.9 Å². The van der Waals surface area contributed by atoms with Crippen molar-refractivity contribution in [2.45, 2.75) is 35.5 Å². The quantitative estimate of drug-likeness (QED) is 0.215. The van der Waals surface area contributed by atoms with Crippen LogP contribution in [0.4, 0.5) is 11.5 Å². The molecule has 2 fully saturated rings. The van der Waals surface area contributed by atoms with Crippen LogP contribution in [-0.2, 0) is 9.59 Å². The molecule has 11 heteroatoms. The molecule has 0 spiro atoms. The number of nitrogens with two attached hydrogens (primary N) is 1. The van der Waals surface area contributed by atoms with Crippen molar-refractivity contribution in [1.82, 2.24) is 4.98 Å². The number of allylic oxidation sites excluding steroid dienone is 1. The minimum absolute atomic E-state index is 0.00858. The molecule has 1 aromatic heterocycles. The fourth-order valence-corrected chi connectivity index (χ4v) is 5.91. The highest BCUT2D eigenvalue weighted by Gasteiger charge is 2.42. The van der Waals surface area contributed by atoms with Gasteiger partial charge in [-0.15, -0.1) is 0 Å². The number of nitrogen functional groups attached to an aromatic ring is 1. The number of amides is 2. The first kappa shape index (κ1) is 28.4. The number of carbonyl (C=O) groups excluding carboxylic acids is 3. The third-order valence-corrected chi connectivity index (χ3v) is 8.24. The Kier molecular flexibility index (Phi) is 7.96. The molecule has 5 rings (SSSR count). The summed E-state index contributed by atoms with van der Waals surface area (Å²) < 4.78 is 10.6. The van der Waals surface area contributed by atoms with E-state index >= 15 is 0 Å². The highest BCUT2D eigenvalue weighted by atomic mass is 32.2. The summed E-state index contributed by atoms with van der Waals surface area (Å²) in [6.07, 6.45) is 4.64. The minimum atomic E-state index is -0.819. The Morgan fingerprint density at radius 3 is 2.40 bits per heavy atom. The number of ether oxygens (including phenoxy) is 2. The van der Waals surface area contributed by atoms with E-state index in [-0.39, 0.29) is 40.1 Å². The van der Waals surface area contributed by atoms with Crippen molar-refractivity contribution in [2.75, 3.05) is 24.9 Å². The summed E-state index contributed by atoms with van der Waals surface area (Å²) in [6, 6.07) is 15.6. The van der Waals surface area contributed by atoms with E-state index in [1.807, 2.05) is 6.07 Å². The van der Waals surface area contributed by atoms with E-state index in [9.17, 15) is 24.9 Å². The van der Waals surface area contributed by atoms with Crippen LogP contribution in [0.25, 0.3) is 6.08 Å². The lowest BCUT2D eigenvalue weighted by Gasteiger charge is -2.16. The van der Waals surface area contributed by atoms with Crippen molar-refractivity contribution in [1.29, 1.82) is 10.5 Å². The Labute approximate surface area is 246 Å². The summed E-state index contributed by atoms with van der Waals surface area (Å²) in [5.74, 6) is 0.106. The maximum atomic E-state index is 13.3. The number of imide groups is 1. The van der Waals surface area contributed by atoms with E-state index in [0.29, 0.717) is 33.9 Å². The van der Waals surface area contributed by atoms with Gasteiger partial charge in [-0.25, -0.2) is 9.88 Å². The Morgan fingerprint density at radius 2 is 1.79 bits per heavy atom. The molecule has 210 valence electrons. The van der Waals surface area contributed by atoms with Gasteiger partial charge in [0.2, 0.25) is 11.8 Å². The zero-order valence-electron chi connectivity index (χ0n) is 22.8. The zero-order chi connectivity index (χ0) is 30.0. The largest absolute Gasteiger partial charge is 0.497 e. The van der Waals surface area contributed by atoms with Gasteiger partial charge >= 0.3 is 0 Å². The highest BCUT2D eigenvalue weighted by molar-refractivity contribution is 8.00. The van der Waals surface area contributed by atoms with Gasteiger partial charge in [0.15, 0.2) is 5.78 Å². The van der Waals surface area contributed by atoms with E-state index in [2.05, 4.69) is 11.1 Å². The van der Waals surface area contributed by atoms with Crippen LogP contribution < -0.4 is 20.1 Å². The van der Waals surface area contributed by atoms with Crippen molar-refractivity contribution in [3.8, 4) is 23.6 Å². The van der Waals surface area contributed by atoms with Crippen LogP contribution >= 0.6 is 11.8 Å². The summed E-state index contributed by atoms with van der Waals surface area (Å²) in [4.78, 5) is 44.4. The van der Waals surface area contributed by atoms with Crippen molar-refractivity contribution >= 4 is 46.9 Å². The normalized spacial score (nSPS) is 16.4. The second-order valence-corrected chi connectivity index (χ2v) is 10.9. The number of anilines is 2. The topological polar surface area (TPSA) is 159 Å². The number of hydrogen-bond donors (Lipinski definition) is 1. The second-order valence-electron chi connectivity index (χ2n) is 9.69. The van der Waals surface area contributed by atoms with Crippen molar-refractivity contribution in [3.63, 3.8) is 0 Å². The molecule has 3 aromatic rings. The predicted molar refractivity (Wildman–Crippen MR) is 156 cm³/mol. The molecular weight excluding hydrogens is 554 g/mol. The number of nitriles is 2. The van der Waals surface area contributed by atoms with E-state index in [4.69, 9.17) is 15.2 Å². The first-order valence-electron chi connectivity index (χ1n) is 13.0. The number of carbonyl (C=O) groups is 3. The number of nitrogens with zero attached hydrogens (tertiary/aromatic N) is 4. The molecule has 42 heavy (non-hydrogen) atoms. The molecule has 2 heterocycles. The van der Waals surface area contributed by atoms with Crippen LogP contribution in [0.1, 0.15) is 57.8 Å². The molecule has 0 unspecified atom stereocenters. The number of aromatic nitrogens is 1. The lowest BCUT2D eigenvalue weighted by atomic mass is 10.0. The summed E-state index contributed by atoms with van der Waals surface area (Å²) >= 11 is 1.01. The fraction of sp³-hybridized carbons (Fsp3) is 0.226. The van der Waals surface area contributed by atoms with Gasteiger partial charge in [-0.3, -0.25) is 14.4 Å². The molecular formula is C31H25N5O5S. The highest BCUT2D eigenvalue weighted by Crippen LogP contribution is 2.47. The number of hydrogen-bond acceptors (Lipinski definition) is 10. The Bertz CT molecular complexity index is 1720. The third kappa shape index (κ3) is 5.42. The molecule has 1 saturated carbocycles. The number of benzene rings is 2. The first-order valence-corrected chi connectivity index (χ1v) is 13.9. The summed E-state index contributed by atoms with van der Waals surface area (Å²) in [7, 11) is 3.08. The van der Waals surface area contributed by atoms with Crippen LogP contribution in [-0.4, -0.2) is 42.1 Å². The van der Waals surface area contributed by atoms with Crippen molar-refractivity contribution in [2.24, 2.45) is 0 Å². The van der Waals surface area contributed by atoms with Crippen LogP contribution in [0.3, 0.4) is 0 Å². The molecule has 10 nitrogen and oxygen atoms in total. The number of pyridine rings is 1. The molecule has 1 aliphatic carbocycles. The molecule has 1 aliphatic heterocycles. The smallest absolute Gasteiger partial charge is 0.247 e. The molecule has 2 N–H and O–H groups in total. The minimum Gasteiger partial charge on any atom is -0.497 e. The Hall–Kier alpha value is -5.13. The molecule has 0 radical (unpaired) electrons. The average molecular weight is 580 g/mol. The van der Waals surface area contributed by atoms with Gasteiger partial charge in [0.25, 0.3) is 0 Å². The van der Waals surface area contributed by atoms with E-state index < -0.39 is 17.1 Å².